The van der Waals surface area contributed by atoms with Crippen molar-refractivity contribution in [3.8, 4) is 0 Å². The van der Waals surface area contributed by atoms with Gasteiger partial charge in [-0.3, -0.25) is 34.3 Å². The van der Waals surface area contributed by atoms with Crippen LogP contribution >= 0.6 is 0 Å². The van der Waals surface area contributed by atoms with E-state index in [-0.39, 0.29) is 18.7 Å². The molecule has 0 radical (unpaired) electrons. The molecule has 3 heterocycles. The van der Waals surface area contributed by atoms with Gasteiger partial charge < -0.3 is 5.32 Å². The highest BCUT2D eigenvalue weighted by molar-refractivity contribution is 6.24. The molecule has 1 aromatic carbocycles. The van der Waals surface area contributed by atoms with Crippen molar-refractivity contribution in [2.45, 2.75) is 44.3 Å². The molecule has 1 saturated carbocycles. The molecule has 3 aliphatic heterocycles. The summed E-state index contributed by atoms with van der Waals surface area (Å²) in [6.07, 6.45) is 2.74. The first-order chi connectivity index (χ1) is 13.9. The van der Waals surface area contributed by atoms with E-state index in [4.69, 9.17) is 0 Å². The summed E-state index contributed by atoms with van der Waals surface area (Å²) in [5, 5.41) is 5.71. The SMILES string of the molecule is CN(Cc1cccc2c1C(=O)N(C1CCC(=O)NC1=O)C2=O)C1CNCC12CC2. The number of carbonyl (C=O) groups excluding carboxylic acids is 4. The number of hydrogen-bond donors (Lipinski definition) is 2. The summed E-state index contributed by atoms with van der Waals surface area (Å²) in [6.45, 7) is 2.54. The summed E-state index contributed by atoms with van der Waals surface area (Å²) in [4.78, 5) is 53.2. The smallest absolute Gasteiger partial charge is 0.262 e. The molecule has 8 heteroatoms. The van der Waals surface area contributed by atoms with Crippen molar-refractivity contribution in [2.24, 2.45) is 5.41 Å². The van der Waals surface area contributed by atoms with Crippen molar-refractivity contribution < 1.29 is 19.2 Å². The van der Waals surface area contributed by atoms with Crippen molar-refractivity contribution in [3.63, 3.8) is 0 Å². The normalized spacial score (nSPS) is 27.7. The second-order valence-corrected chi connectivity index (χ2v) is 8.71. The molecule has 4 amide bonds. The quantitative estimate of drug-likeness (QED) is 0.709. The maximum absolute atomic E-state index is 13.2. The molecule has 152 valence electrons. The van der Waals surface area contributed by atoms with Gasteiger partial charge in [0.05, 0.1) is 11.1 Å². The molecule has 8 nitrogen and oxygen atoms in total. The van der Waals surface area contributed by atoms with E-state index < -0.39 is 23.8 Å². The Balaban J connectivity index is 1.42. The van der Waals surface area contributed by atoms with Gasteiger partial charge in [0.1, 0.15) is 6.04 Å². The van der Waals surface area contributed by atoms with E-state index in [9.17, 15) is 19.2 Å². The Morgan fingerprint density at radius 1 is 1.17 bits per heavy atom. The first kappa shape index (κ1) is 18.4. The van der Waals surface area contributed by atoms with E-state index in [0.717, 1.165) is 23.6 Å². The van der Waals surface area contributed by atoms with E-state index in [1.54, 1.807) is 12.1 Å². The molecule has 3 fully saturated rings. The number of likely N-dealkylation sites (N-methyl/N-ethyl adjacent to an activating group) is 1. The molecule has 0 aromatic heterocycles. The van der Waals surface area contributed by atoms with Crippen LogP contribution in [0.25, 0.3) is 0 Å². The molecule has 0 bridgehead atoms. The lowest BCUT2D eigenvalue weighted by Crippen LogP contribution is -2.54. The second kappa shape index (κ2) is 6.47. The van der Waals surface area contributed by atoms with Gasteiger partial charge in [-0.05, 0) is 43.4 Å². The minimum atomic E-state index is -0.931. The fourth-order valence-electron chi connectivity index (χ4n) is 5.18. The van der Waals surface area contributed by atoms with Gasteiger partial charge >= 0.3 is 0 Å². The fourth-order valence-corrected chi connectivity index (χ4v) is 5.18. The number of hydrogen-bond acceptors (Lipinski definition) is 6. The fraction of sp³-hybridized carbons (Fsp3) is 0.524. The summed E-state index contributed by atoms with van der Waals surface area (Å²) in [6, 6.07) is 4.80. The highest BCUT2D eigenvalue weighted by Crippen LogP contribution is 2.52. The number of imide groups is 2. The molecule has 1 aromatic rings. The highest BCUT2D eigenvalue weighted by Gasteiger charge is 2.53. The largest absolute Gasteiger partial charge is 0.315 e. The maximum atomic E-state index is 13.2. The van der Waals surface area contributed by atoms with Crippen LogP contribution in [0.2, 0.25) is 0 Å². The maximum Gasteiger partial charge on any atom is 0.262 e. The Bertz CT molecular complexity index is 939. The van der Waals surface area contributed by atoms with Gasteiger partial charge in [-0.15, -0.1) is 0 Å². The molecule has 5 rings (SSSR count). The van der Waals surface area contributed by atoms with Crippen LogP contribution in [-0.4, -0.2) is 65.6 Å². The molecule has 1 spiro atoms. The lowest BCUT2D eigenvalue weighted by atomic mass is 9.97. The Morgan fingerprint density at radius 2 is 1.97 bits per heavy atom. The van der Waals surface area contributed by atoms with Crippen LogP contribution in [0, 0.1) is 5.41 Å². The summed E-state index contributed by atoms with van der Waals surface area (Å²) in [5.41, 5.74) is 1.90. The van der Waals surface area contributed by atoms with Crippen molar-refractivity contribution in [2.75, 3.05) is 20.1 Å². The third-order valence-electron chi connectivity index (χ3n) is 6.92. The number of fused-ring (bicyclic) bond motifs is 1. The van der Waals surface area contributed by atoms with Crippen molar-refractivity contribution in [3.05, 3.63) is 34.9 Å². The standard InChI is InChI=1S/C21H24N4O4/c1-24(15-9-22-11-21(15)7-8-21)10-12-3-2-4-13-17(12)20(29)25(19(13)28)14-5-6-16(26)23-18(14)27/h2-4,14-15,22H,5-11H2,1H3,(H,23,26,27). The topological polar surface area (TPSA) is 98.8 Å². The molecule has 2 saturated heterocycles. The molecule has 4 aliphatic rings. The zero-order valence-corrected chi connectivity index (χ0v) is 16.4. The van der Waals surface area contributed by atoms with Crippen LogP contribution in [0.1, 0.15) is 52.0 Å². The number of amides is 4. The van der Waals surface area contributed by atoms with Crippen LogP contribution in [0.5, 0.6) is 0 Å². The molecule has 2 atom stereocenters. The number of nitrogens with one attached hydrogen (secondary N) is 2. The van der Waals surface area contributed by atoms with Gasteiger partial charge in [0.15, 0.2) is 0 Å². The van der Waals surface area contributed by atoms with Crippen molar-refractivity contribution in [1.29, 1.82) is 0 Å². The van der Waals surface area contributed by atoms with E-state index in [1.165, 1.54) is 12.8 Å². The van der Waals surface area contributed by atoms with Gasteiger partial charge in [0, 0.05) is 32.1 Å². The second-order valence-electron chi connectivity index (χ2n) is 8.71. The van der Waals surface area contributed by atoms with E-state index in [1.807, 2.05) is 6.07 Å². The predicted octanol–water partition coefficient (Wildman–Crippen LogP) is 0.272. The summed E-state index contributed by atoms with van der Waals surface area (Å²) in [5.74, 6) is -1.84. The number of benzene rings is 1. The van der Waals surface area contributed by atoms with Gasteiger partial charge in [0.25, 0.3) is 11.8 Å². The summed E-state index contributed by atoms with van der Waals surface area (Å²) < 4.78 is 0. The Labute approximate surface area is 168 Å². The van der Waals surface area contributed by atoms with Crippen LogP contribution in [0.3, 0.4) is 0 Å². The van der Waals surface area contributed by atoms with Gasteiger partial charge in [-0.25, -0.2) is 0 Å². The van der Waals surface area contributed by atoms with Crippen LogP contribution in [0.4, 0.5) is 0 Å². The van der Waals surface area contributed by atoms with Crippen LogP contribution in [-0.2, 0) is 16.1 Å². The van der Waals surface area contributed by atoms with Gasteiger partial charge in [-0.1, -0.05) is 12.1 Å². The molecule has 2 unspecified atom stereocenters. The zero-order chi connectivity index (χ0) is 20.3. The average molecular weight is 396 g/mol. The number of piperidine rings is 1. The molecular formula is C21H24N4O4. The average Bonchev–Trinajstić information content (AvgIpc) is 3.25. The Hall–Kier alpha value is -2.58. The van der Waals surface area contributed by atoms with Crippen molar-refractivity contribution >= 4 is 23.6 Å². The third-order valence-corrected chi connectivity index (χ3v) is 6.92. The Morgan fingerprint density at radius 3 is 2.69 bits per heavy atom. The summed E-state index contributed by atoms with van der Waals surface area (Å²) >= 11 is 0. The number of rotatable bonds is 4. The van der Waals surface area contributed by atoms with Gasteiger partial charge in [0.2, 0.25) is 11.8 Å². The lowest BCUT2D eigenvalue weighted by molar-refractivity contribution is -0.136. The molecule has 29 heavy (non-hydrogen) atoms. The molecular weight excluding hydrogens is 372 g/mol. The van der Waals surface area contributed by atoms with Crippen LogP contribution in [0.15, 0.2) is 18.2 Å². The molecule has 2 N–H and O–H groups in total. The number of nitrogens with zero attached hydrogens (tertiary/aromatic N) is 2. The first-order valence-electron chi connectivity index (χ1n) is 10.2. The summed E-state index contributed by atoms with van der Waals surface area (Å²) in [7, 11) is 2.07. The third kappa shape index (κ3) is 2.81. The van der Waals surface area contributed by atoms with Gasteiger partial charge in [-0.2, -0.15) is 0 Å². The van der Waals surface area contributed by atoms with E-state index in [0.29, 0.717) is 29.1 Å². The van der Waals surface area contributed by atoms with E-state index >= 15 is 0 Å². The first-order valence-corrected chi connectivity index (χ1v) is 10.2. The van der Waals surface area contributed by atoms with E-state index in [2.05, 4.69) is 22.6 Å². The highest BCUT2D eigenvalue weighted by atomic mass is 16.2. The zero-order valence-electron chi connectivity index (χ0n) is 16.4. The lowest BCUT2D eigenvalue weighted by Gasteiger charge is -2.29. The van der Waals surface area contributed by atoms with Crippen LogP contribution < -0.4 is 10.6 Å². The number of carbonyl (C=O) groups is 4. The predicted molar refractivity (Wildman–Crippen MR) is 103 cm³/mol. The molecule has 1 aliphatic carbocycles. The minimum Gasteiger partial charge on any atom is -0.315 e. The minimum absolute atomic E-state index is 0.121. The monoisotopic (exact) mass is 396 g/mol. The van der Waals surface area contributed by atoms with Crippen molar-refractivity contribution in [1.82, 2.24) is 20.4 Å². The Kier molecular flexibility index (Phi) is 4.11.